The Morgan fingerprint density at radius 1 is 0.828 bits per heavy atom. The first-order chi connectivity index (χ1) is 14.3. The lowest BCUT2D eigenvalue weighted by atomic mass is 10.1. The van der Waals surface area contributed by atoms with Crippen LogP contribution in [-0.2, 0) is 0 Å². The molecule has 2 aromatic carbocycles. The second kappa shape index (κ2) is 7.29. The van der Waals surface area contributed by atoms with Gasteiger partial charge in [-0.05, 0) is 18.2 Å². The van der Waals surface area contributed by atoms with E-state index in [1.807, 2.05) is 66.7 Å². The number of fused-ring (bicyclic) bond motifs is 1. The third kappa shape index (κ3) is 3.28. The molecule has 0 saturated carbocycles. The standard InChI is InChI=1S/C22H15N5OS/c28-18-12-14-24-22-27(18)19(15-7-3-1-4-8-15)20(29-22)17-11-13-23-21(26-17)25-16-9-5-2-6-10-16/h1-14H,(H,23,25,26). The van der Waals surface area contributed by atoms with Gasteiger partial charge >= 0.3 is 0 Å². The number of nitrogens with zero attached hydrogens (tertiary/aromatic N) is 4. The number of benzene rings is 2. The molecule has 0 fully saturated rings. The van der Waals surface area contributed by atoms with Crippen LogP contribution in [0.3, 0.4) is 0 Å². The average molecular weight is 397 g/mol. The molecule has 0 unspecified atom stereocenters. The quantitative estimate of drug-likeness (QED) is 0.479. The lowest BCUT2D eigenvalue weighted by Gasteiger charge is -2.07. The number of hydrogen-bond donors (Lipinski definition) is 1. The highest BCUT2D eigenvalue weighted by molar-refractivity contribution is 7.20. The molecule has 140 valence electrons. The highest BCUT2D eigenvalue weighted by Gasteiger charge is 2.19. The number of nitrogens with one attached hydrogen (secondary N) is 1. The van der Waals surface area contributed by atoms with Crippen molar-refractivity contribution in [1.82, 2.24) is 19.4 Å². The summed E-state index contributed by atoms with van der Waals surface area (Å²) in [7, 11) is 0. The fourth-order valence-corrected chi connectivity index (χ4v) is 4.23. The van der Waals surface area contributed by atoms with Crippen molar-refractivity contribution in [3.05, 3.63) is 95.5 Å². The van der Waals surface area contributed by atoms with Gasteiger partial charge in [0.15, 0.2) is 4.96 Å². The molecule has 3 aromatic heterocycles. The number of hydrogen-bond acceptors (Lipinski definition) is 6. The zero-order valence-corrected chi connectivity index (χ0v) is 16.0. The number of thiazole rings is 1. The van der Waals surface area contributed by atoms with Gasteiger partial charge in [0.1, 0.15) is 0 Å². The van der Waals surface area contributed by atoms with E-state index in [4.69, 9.17) is 4.98 Å². The van der Waals surface area contributed by atoms with Gasteiger partial charge in [0, 0.05) is 29.7 Å². The Labute approximate surface area is 170 Å². The normalized spacial score (nSPS) is 10.9. The zero-order chi connectivity index (χ0) is 19.6. The minimum atomic E-state index is -0.118. The van der Waals surface area contributed by atoms with E-state index in [1.165, 1.54) is 23.6 Å². The van der Waals surface area contributed by atoms with Crippen molar-refractivity contribution in [3.8, 4) is 21.8 Å². The Morgan fingerprint density at radius 2 is 1.55 bits per heavy atom. The molecule has 0 spiro atoms. The van der Waals surface area contributed by atoms with Crippen LogP contribution in [-0.4, -0.2) is 19.4 Å². The first-order valence-electron chi connectivity index (χ1n) is 9.01. The third-order valence-corrected chi connectivity index (χ3v) is 5.49. The van der Waals surface area contributed by atoms with E-state index in [2.05, 4.69) is 15.3 Å². The Balaban J connectivity index is 1.69. The molecule has 5 rings (SSSR count). The van der Waals surface area contributed by atoms with Crippen molar-refractivity contribution < 1.29 is 0 Å². The van der Waals surface area contributed by atoms with E-state index in [0.717, 1.165) is 27.5 Å². The highest BCUT2D eigenvalue weighted by atomic mass is 32.1. The maximum Gasteiger partial charge on any atom is 0.258 e. The number of anilines is 2. The minimum Gasteiger partial charge on any atom is -0.324 e. The monoisotopic (exact) mass is 397 g/mol. The maximum absolute atomic E-state index is 12.6. The third-order valence-electron chi connectivity index (χ3n) is 4.41. The van der Waals surface area contributed by atoms with E-state index in [9.17, 15) is 4.79 Å². The summed E-state index contributed by atoms with van der Waals surface area (Å²) in [6, 6.07) is 22.9. The summed E-state index contributed by atoms with van der Waals surface area (Å²) in [6.45, 7) is 0. The maximum atomic E-state index is 12.6. The summed E-state index contributed by atoms with van der Waals surface area (Å²) in [4.78, 5) is 27.5. The Kier molecular flexibility index (Phi) is 4.34. The van der Waals surface area contributed by atoms with Gasteiger partial charge in [-0.15, -0.1) is 0 Å². The first-order valence-corrected chi connectivity index (χ1v) is 9.83. The first kappa shape index (κ1) is 17.3. The molecule has 6 nitrogen and oxygen atoms in total. The van der Waals surface area contributed by atoms with Gasteiger partial charge in [0.05, 0.1) is 16.3 Å². The molecule has 7 heteroatoms. The average Bonchev–Trinajstić information content (AvgIpc) is 3.16. The summed E-state index contributed by atoms with van der Waals surface area (Å²) in [5.41, 5.74) is 3.23. The van der Waals surface area contributed by atoms with Crippen LogP contribution < -0.4 is 10.9 Å². The van der Waals surface area contributed by atoms with Crippen molar-refractivity contribution in [2.24, 2.45) is 0 Å². The molecule has 0 aliphatic carbocycles. The second-order valence-electron chi connectivity index (χ2n) is 6.30. The van der Waals surface area contributed by atoms with Crippen LogP contribution in [0.1, 0.15) is 0 Å². The lowest BCUT2D eigenvalue weighted by molar-refractivity contribution is 1.08. The predicted molar refractivity (Wildman–Crippen MR) is 116 cm³/mol. The zero-order valence-electron chi connectivity index (χ0n) is 15.2. The number of para-hydroxylation sites is 1. The lowest BCUT2D eigenvalue weighted by Crippen LogP contribution is -2.12. The summed E-state index contributed by atoms with van der Waals surface area (Å²) in [5, 5.41) is 3.22. The van der Waals surface area contributed by atoms with Crippen LogP contribution in [0.15, 0.2) is 90.0 Å². The molecule has 0 amide bonds. The molecule has 5 aromatic rings. The highest BCUT2D eigenvalue weighted by Crippen LogP contribution is 2.37. The molecule has 3 heterocycles. The number of aromatic nitrogens is 4. The van der Waals surface area contributed by atoms with E-state index in [-0.39, 0.29) is 5.56 Å². The molecule has 0 saturated heterocycles. The van der Waals surface area contributed by atoms with Gasteiger partial charge in [-0.2, -0.15) is 0 Å². The van der Waals surface area contributed by atoms with Crippen LogP contribution >= 0.6 is 11.3 Å². The van der Waals surface area contributed by atoms with E-state index >= 15 is 0 Å². The second-order valence-corrected chi connectivity index (χ2v) is 7.28. The van der Waals surface area contributed by atoms with Gasteiger partial charge in [-0.3, -0.25) is 9.20 Å². The van der Waals surface area contributed by atoms with Crippen molar-refractivity contribution in [2.45, 2.75) is 0 Å². The van der Waals surface area contributed by atoms with E-state index in [1.54, 1.807) is 10.6 Å². The van der Waals surface area contributed by atoms with Crippen molar-refractivity contribution in [1.29, 1.82) is 0 Å². The molecule has 0 bridgehead atoms. The molecule has 0 atom stereocenters. The van der Waals surface area contributed by atoms with Gasteiger partial charge < -0.3 is 5.32 Å². The number of rotatable bonds is 4. The van der Waals surface area contributed by atoms with Gasteiger partial charge in [-0.25, -0.2) is 15.0 Å². The molecule has 0 radical (unpaired) electrons. The molecular formula is C22H15N5OS. The van der Waals surface area contributed by atoms with Gasteiger partial charge in [0.2, 0.25) is 5.95 Å². The SMILES string of the molecule is O=c1ccnc2sc(-c3ccnc(Nc4ccccc4)n3)c(-c3ccccc3)n12. The van der Waals surface area contributed by atoms with E-state index in [0.29, 0.717) is 10.9 Å². The fourth-order valence-electron chi connectivity index (χ4n) is 3.14. The summed E-state index contributed by atoms with van der Waals surface area (Å²) >= 11 is 1.43. The van der Waals surface area contributed by atoms with Crippen molar-refractivity contribution >= 4 is 27.9 Å². The molecule has 0 aliphatic rings. The summed E-state index contributed by atoms with van der Waals surface area (Å²) < 4.78 is 1.64. The smallest absolute Gasteiger partial charge is 0.258 e. The van der Waals surface area contributed by atoms with Crippen molar-refractivity contribution in [3.63, 3.8) is 0 Å². The predicted octanol–water partition coefficient (Wildman–Crippen LogP) is 4.62. The molecule has 1 N–H and O–H groups in total. The summed E-state index contributed by atoms with van der Waals surface area (Å²) in [5.74, 6) is 0.491. The molecular weight excluding hydrogens is 382 g/mol. The van der Waals surface area contributed by atoms with Crippen LogP contribution in [0, 0.1) is 0 Å². The largest absolute Gasteiger partial charge is 0.324 e. The molecule has 0 aliphatic heterocycles. The topological polar surface area (TPSA) is 72.2 Å². The van der Waals surface area contributed by atoms with Crippen LogP contribution in [0.5, 0.6) is 0 Å². The Hall–Kier alpha value is -3.84. The van der Waals surface area contributed by atoms with Crippen molar-refractivity contribution in [2.75, 3.05) is 5.32 Å². The van der Waals surface area contributed by atoms with Crippen LogP contribution in [0.25, 0.3) is 26.8 Å². The Morgan fingerprint density at radius 3 is 2.34 bits per heavy atom. The summed E-state index contributed by atoms with van der Waals surface area (Å²) in [6.07, 6.45) is 3.25. The fraction of sp³-hybridized carbons (Fsp3) is 0. The van der Waals surface area contributed by atoms with Crippen LogP contribution in [0.2, 0.25) is 0 Å². The molecule has 29 heavy (non-hydrogen) atoms. The van der Waals surface area contributed by atoms with E-state index < -0.39 is 0 Å². The Bertz CT molecular complexity index is 1350. The van der Waals surface area contributed by atoms with Crippen LogP contribution in [0.4, 0.5) is 11.6 Å². The minimum absolute atomic E-state index is 0.118. The van der Waals surface area contributed by atoms with Gasteiger partial charge in [-0.1, -0.05) is 59.9 Å². The van der Waals surface area contributed by atoms with Gasteiger partial charge in [0.25, 0.3) is 5.56 Å².